The highest BCUT2D eigenvalue weighted by atomic mass is 19.1. The van der Waals surface area contributed by atoms with Crippen LogP contribution in [0.15, 0.2) is 47.3 Å². The fourth-order valence-electron chi connectivity index (χ4n) is 4.36. The first-order valence-corrected chi connectivity index (χ1v) is 11.3. The van der Waals surface area contributed by atoms with Crippen molar-refractivity contribution >= 4 is 0 Å². The number of phenolic OH excluding ortho intramolecular Hbond substituents is 1. The molecule has 0 amide bonds. The largest absolute Gasteiger partial charge is 0.504 e. The van der Waals surface area contributed by atoms with E-state index < -0.39 is 11.6 Å². The van der Waals surface area contributed by atoms with Gasteiger partial charge in [0.25, 0.3) is 5.56 Å². The number of halogens is 2. The highest BCUT2D eigenvalue weighted by molar-refractivity contribution is 5.64. The van der Waals surface area contributed by atoms with E-state index in [-0.39, 0.29) is 35.7 Å². The Morgan fingerprint density at radius 3 is 2.50 bits per heavy atom. The number of aryl methyl sites for hydroxylation is 2. The molecule has 2 aromatic carbocycles. The number of rotatable bonds is 8. The Morgan fingerprint density at radius 1 is 1.06 bits per heavy atom. The lowest BCUT2D eigenvalue weighted by atomic mass is 9.81. The molecule has 168 valence electrons. The Bertz CT molecular complexity index is 1170. The Morgan fingerprint density at radius 2 is 1.81 bits per heavy atom. The fraction of sp³-hybridized carbons (Fsp3) is 0.385. The molecule has 4 rings (SSSR count). The van der Waals surface area contributed by atoms with Crippen molar-refractivity contribution < 1.29 is 13.9 Å². The summed E-state index contributed by atoms with van der Waals surface area (Å²) in [6.07, 6.45) is 6.12. The van der Waals surface area contributed by atoms with E-state index in [1.165, 1.54) is 42.0 Å². The second-order valence-corrected chi connectivity index (χ2v) is 8.48. The molecular weight excluding hydrogens is 410 g/mol. The van der Waals surface area contributed by atoms with E-state index in [0.29, 0.717) is 35.6 Å². The molecule has 1 fully saturated rings. The van der Waals surface area contributed by atoms with Crippen LogP contribution in [0.2, 0.25) is 0 Å². The second kappa shape index (κ2) is 9.63. The van der Waals surface area contributed by atoms with Gasteiger partial charge in [0.1, 0.15) is 11.6 Å². The van der Waals surface area contributed by atoms with Gasteiger partial charge in [-0.1, -0.05) is 50.5 Å². The van der Waals surface area contributed by atoms with Gasteiger partial charge in [-0.25, -0.2) is 13.8 Å². The van der Waals surface area contributed by atoms with Crippen molar-refractivity contribution in [3.8, 4) is 17.1 Å². The minimum absolute atomic E-state index is 0.170. The molecule has 0 radical (unpaired) electrons. The summed E-state index contributed by atoms with van der Waals surface area (Å²) in [5, 5.41) is 10.4. The van der Waals surface area contributed by atoms with Crippen molar-refractivity contribution in [2.24, 2.45) is 5.92 Å². The second-order valence-electron chi connectivity index (χ2n) is 8.48. The molecule has 1 aliphatic rings. The molecule has 1 aromatic heterocycles. The number of hydrogen-bond acceptors (Lipinski definition) is 3. The van der Waals surface area contributed by atoms with Crippen molar-refractivity contribution in [3.63, 3.8) is 0 Å². The topological polar surface area (TPSA) is 55.1 Å². The normalized spacial score (nSPS) is 13.8. The smallest absolute Gasteiger partial charge is 0.257 e. The molecule has 0 saturated heterocycles. The molecule has 6 heteroatoms. The summed E-state index contributed by atoms with van der Waals surface area (Å²) >= 11 is 0. The average molecular weight is 439 g/mol. The van der Waals surface area contributed by atoms with Crippen LogP contribution < -0.4 is 5.56 Å². The van der Waals surface area contributed by atoms with Gasteiger partial charge in [-0.2, -0.15) is 0 Å². The summed E-state index contributed by atoms with van der Waals surface area (Å²) in [4.78, 5) is 18.3. The number of aromatic hydroxyl groups is 1. The SMILES string of the molecule is CCc1c(CCC2CCC2)nc(-c2cccc(F)c2O)n(CCc2ccccc2F)c1=O. The maximum atomic E-state index is 14.2. The summed E-state index contributed by atoms with van der Waals surface area (Å²) in [7, 11) is 0. The number of phenols is 1. The Hall–Kier alpha value is -3.02. The molecule has 4 nitrogen and oxygen atoms in total. The lowest BCUT2D eigenvalue weighted by molar-refractivity contribution is 0.295. The van der Waals surface area contributed by atoms with Gasteiger partial charge in [0, 0.05) is 12.1 Å². The summed E-state index contributed by atoms with van der Waals surface area (Å²) in [5.41, 5.74) is 1.80. The number of nitrogens with zero attached hydrogens (tertiary/aromatic N) is 2. The van der Waals surface area contributed by atoms with Crippen molar-refractivity contribution in [1.82, 2.24) is 9.55 Å². The molecule has 0 atom stereocenters. The summed E-state index contributed by atoms with van der Waals surface area (Å²) < 4.78 is 29.8. The van der Waals surface area contributed by atoms with Gasteiger partial charge >= 0.3 is 0 Å². The van der Waals surface area contributed by atoms with Gasteiger partial charge in [-0.15, -0.1) is 0 Å². The molecular formula is C26H28F2N2O2. The summed E-state index contributed by atoms with van der Waals surface area (Å²) in [6.45, 7) is 2.10. The zero-order chi connectivity index (χ0) is 22.7. The Balaban J connectivity index is 1.79. The van der Waals surface area contributed by atoms with E-state index in [1.807, 2.05) is 6.92 Å². The minimum Gasteiger partial charge on any atom is -0.504 e. The maximum absolute atomic E-state index is 14.2. The molecule has 1 heterocycles. The molecule has 1 N–H and O–H groups in total. The zero-order valence-corrected chi connectivity index (χ0v) is 18.3. The number of para-hydroxylation sites is 1. The van der Waals surface area contributed by atoms with Crippen LogP contribution in [-0.4, -0.2) is 14.7 Å². The van der Waals surface area contributed by atoms with Gasteiger partial charge in [0.15, 0.2) is 11.6 Å². The minimum atomic E-state index is -0.770. The van der Waals surface area contributed by atoms with Crippen LogP contribution in [0.25, 0.3) is 11.4 Å². The van der Waals surface area contributed by atoms with Crippen LogP contribution in [-0.2, 0) is 25.8 Å². The molecule has 1 aliphatic carbocycles. The van der Waals surface area contributed by atoms with Crippen LogP contribution in [0.4, 0.5) is 8.78 Å². The van der Waals surface area contributed by atoms with Crippen molar-refractivity contribution in [2.45, 2.75) is 58.4 Å². The standard InChI is InChI=1S/C26H28F2N2O2/c1-2-19-23(14-13-17-7-5-8-17)29-25(20-10-6-12-22(28)24(20)31)30(26(19)32)16-15-18-9-3-4-11-21(18)27/h3-4,6,9-12,17,31H,2,5,7-8,13-16H2,1H3. The van der Waals surface area contributed by atoms with E-state index in [1.54, 1.807) is 24.3 Å². The van der Waals surface area contributed by atoms with Crippen LogP contribution >= 0.6 is 0 Å². The third-order valence-corrected chi connectivity index (χ3v) is 6.51. The van der Waals surface area contributed by atoms with Crippen LogP contribution in [0.3, 0.4) is 0 Å². The highest BCUT2D eigenvalue weighted by Crippen LogP contribution is 2.32. The van der Waals surface area contributed by atoms with E-state index in [4.69, 9.17) is 4.98 Å². The fourth-order valence-corrected chi connectivity index (χ4v) is 4.36. The Labute approximate surface area is 186 Å². The van der Waals surface area contributed by atoms with Crippen LogP contribution in [0, 0.1) is 17.6 Å². The van der Waals surface area contributed by atoms with E-state index in [0.717, 1.165) is 6.42 Å². The van der Waals surface area contributed by atoms with Gasteiger partial charge in [0.05, 0.1) is 11.3 Å². The van der Waals surface area contributed by atoms with Crippen molar-refractivity contribution in [1.29, 1.82) is 0 Å². The first-order chi connectivity index (χ1) is 15.5. The van der Waals surface area contributed by atoms with Crippen LogP contribution in [0.1, 0.15) is 49.4 Å². The summed E-state index contributed by atoms with van der Waals surface area (Å²) in [5.74, 6) is -0.752. The van der Waals surface area contributed by atoms with Gasteiger partial charge in [-0.05, 0) is 55.4 Å². The average Bonchev–Trinajstić information content (AvgIpc) is 2.75. The first-order valence-electron chi connectivity index (χ1n) is 11.3. The monoisotopic (exact) mass is 438 g/mol. The predicted octanol–water partition coefficient (Wildman–Crippen LogP) is 5.43. The molecule has 3 aromatic rings. The van der Waals surface area contributed by atoms with Crippen LogP contribution in [0.5, 0.6) is 5.75 Å². The first kappa shape index (κ1) is 22.2. The molecule has 32 heavy (non-hydrogen) atoms. The third-order valence-electron chi connectivity index (χ3n) is 6.51. The van der Waals surface area contributed by atoms with E-state index in [2.05, 4.69) is 0 Å². The zero-order valence-electron chi connectivity index (χ0n) is 18.3. The van der Waals surface area contributed by atoms with E-state index in [9.17, 15) is 18.7 Å². The number of aromatic nitrogens is 2. The number of benzene rings is 2. The molecule has 0 aliphatic heterocycles. The van der Waals surface area contributed by atoms with Gasteiger partial charge in [0.2, 0.25) is 0 Å². The molecule has 1 saturated carbocycles. The van der Waals surface area contributed by atoms with Crippen molar-refractivity contribution in [2.75, 3.05) is 0 Å². The summed E-state index contributed by atoms with van der Waals surface area (Å²) in [6, 6.07) is 10.6. The third kappa shape index (κ3) is 4.45. The van der Waals surface area contributed by atoms with Gasteiger partial charge < -0.3 is 5.11 Å². The lowest BCUT2D eigenvalue weighted by Gasteiger charge is -2.25. The lowest BCUT2D eigenvalue weighted by Crippen LogP contribution is -2.30. The van der Waals surface area contributed by atoms with E-state index >= 15 is 0 Å². The predicted molar refractivity (Wildman–Crippen MR) is 121 cm³/mol. The quantitative estimate of drug-likeness (QED) is 0.510. The molecule has 0 unspecified atom stereocenters. The van der Waals surface area contributed by atoms with Crippen molar-refractivity contribution in [3.05, 3.63) is 81.3 Å². The van der Waals surface area contributed by atoms with Gasteiger partial charge in [-0.3, -0.25) is 9.36 Å². The highest BCUT2D eigenvalue weighted by Gasteiger charge is 2.22. The maximum Gasteiger partial charge on any atom is 0.257 e. The molecule has 0 bridgehead atoms. The Kier molecular flexibility index (Phi) is 6.68. The molecule has 0 spiro atoms. The number of hydrogen-bond donors (Lipinski definition) is 1.